The van der Waals surface area contributed by atoms with Gasteiger partial charge in [0.25, 0.3) is 5.91 Å². The van der Waals surface area contributed by atoms with Gasteiger partial charge in [-0.15, -0.1) is 0 Å². The smallest absolute Gasteiger partial charge is 0.264 e. The average Bonchev–Trinajstić information content (AvgIpc) is 2.98. The second kappa shape index (κ2) is 13.9. The lowest BCUT2D eigenvalue weighted by Crippen LogP contribution is -2.47. The highest BCUT2D eigenvalue weighted by atomic mass is 16.5. The van der Waals surface area contributed by atoms with Crippen LogP contribution in [0.25, 0.3) is 6.08 Å². The van der Waals surface area contributed by atoms with E-state index in [0.717, 1.165) is 69.2 Å². The summed E-state index contributed by atoms with van der Waals surface area (Å²) in [7, 11) is 5.36. The number of hydrogen-bond acceptors (Lipinski definition) is 8. The first-order chi connectivity index (χ1) is 19.0. The number of nitrogens with zero attached hydrogens (tertiary/aromatic N) is 5. The quantitative estimate of drug-likeness (QED) is 0.262. The first kappa shape index (κ1) is 28.3. The summed E-state index contributed by atoms with van der Waals surface area (Å²) >= 11 is 0. The van der Waals surface area contributed by atoms with Crippen LogP contribution in [0.5, 0.6) is 17.2 Å². The number of likely N-dealkylation sites (N-methyl/N-ethyl adjacent to an activating group) is 1. The van der Waals surface area contributed by atoms with Gasteiger partial charge in [-0.3, -0.25) is 9.69 Å². The van der Waals surface area contributed by atoms with Crippen molar-refractivity contribution in [1.82, 2.24) is 14.7 Å². The Morgan fingerprint density at radius 1 is 0.923 bits per heavy atom. The molecule has 9 nitrogen and oxygen atoms in total. The molecule has 1 amide bonds. The monoisotopic (exact) mass is 533 g/mol. The van der Waals surface area contributed by atoms with Crippen molar-refractivity contribution in [2.24, 2.45) is 0 Å². The predicted molar refractivity (Wildman–Crippen MR) is 152 cm³/mol. The Labute approximate surface area is 231 Å². The van der Waals surface area contributed by atoms with Crippen molar-refractivity contribution < 1.29 is 19.0 Å². The van der Waals surface area contributed by atoms with E-state index in [4.69, 9.17) is 14.2 Å². The molecule has 208 valence electrons. The average molecular weight is 534 g/mol. The Balaban J connectivity index is 1.29. The van der Waals surface area contributed by atoms with E-state index >= 15 is 0 Å². The highest BCUT2D eigenvalue weighted by Gasteiger charge is 2.22. The molecule has 39 heavy (non-hydrogen) atoms. The van der Waals surface area contributed by atoms with Crippen LogP contribution in [-0.4, -0.2) is 107 Å². The van der Waals surface area contributed by atoms with Crippen molar-refractivity contribution in [2.75, 3.05) is 91.7 Å². The molecule has 0 spiro atoms. The maximum Gasteiger partial charge on any atom is 0.264 e. The molecular formula is C30H39N5O4. The molecule has 2 aromatic rings. The second-order valence-electron chi connectivity index (χ2n) is 9.88. The van der Waals surface area contributed by atoms with Gasteiger partial charge in [0.05, 0.1) is 26.5 Å². The predicted octanol–water partition coefficient (Wildman–Crippen LogP) is 2.98. The largest absolute Gasteiger partial charge is 0.495 e. The molecule has 0 saturated carbocycles. The van der Waals surface area contributed by atoms with E-state index in [1.165, 1.54) is 0 Å². The topological polar surface area (TPSA) is 81.5 Å². The molecule has 0 aliphatic carbocycles. The summed E-state index contributed by atoms with van der Waals surface area (Å²) in [5.41, 5.74) is 2.01. The van der Waals surface area contributed by atoms with E-state index in [0.29, 0.717) is 31.2 Å². The van der Waals surface area contributed by atoms with Crippen LogP contribution in [0.1, 0.15) is 12.0 Å². The molecule has 2 heterocycles. The first-order valence-electron chi connectivity index (χ1n) is 13.5. The number of carbonyl (C=O) groups is 1. The number of anilines is 1. The van der Waals surface area contributed by atoms with Crippen molar-refractivity contribution in [3.63, 3.8) is 0 Å². The van der Waals surface area contributed by atoms with E-state index in [9.17, 15) is 10.1 Å². The normalized spacial score (nSPS) is 17.0. The summed E-state index contributed by atoms with van der Waals surface area (Å²) in [5, 5.41) is 9.67. The van der Waals surface area contributed by atoms with Crippen LogP contribution in [0.4, 0.5) is 5.69 Å². The van der Waals surface area contributed by atoms with E-state index in [1.54, 1.807) is 25.2 Å². The number of hydrogen-bond donors (Lipinski definition) is 0. The molecule has 0 N–H and O–H groups in total. The molecule has 4 rings (SSSR count). The van der Waals surface area contributed by atoms with Gasteiger partial charge in [0.2, 0.25) is 0 Å². The van der Waals surface area contributed by atoms with E-state index in [1.807, 2.05) is 43.4 Å². The number of para-hydroxylation sites is 2. The molecule has 0 atom stereocenters. The molecule has 2 saturated heterocycles. The zero-order valence-corrected chi connectivity index (χ0v) is 23.3. The third-order valence-corrected chi connectivity index (χ3v) is 7.31. The number of benzene rings is 2. The molecule has 2 aliphatic heterocycles. The van der Waals surface area contributed by atoms with Crippen molar-refractivity contribution in [2.45, 2.75) is 6.42 Å². The van der Waals surface area contributed by atoms with Gasteiger partial charge in [0, 0.05) is 58.9 Å². The molecule has 0 aromatic heterocycles. The van der Waals surface area contributed by atoms with Crippen molar-refractivity contribution in [3.8, 4) is 23.3 Å². The highest BCUT2D eigenvalue weighted by Crippen LogP contribution is 2.30. The number of carbonyl (C=O) groups excluding carboxylic acids is 1. The molecule has 2 fully saturated rings. The van der Waals surface area contributed by atoms with Crippen molar-refractivity contribution >= 4 is 17.7 Å². The number of piperazine rings is 2. The lowest BCUT2D eigenvalue weighted by atomic mass is 10.1. The van der Waals surface area contributed by atoms with Crippen LogP contribution in [0, 0.1) is 11.3 Å². The lowest BCUT2D eigenvalue weighted by molar-refractivity contribution is -0.128. The summed E-state index contributed by atoms with van der Waals surface area (Å²) in [6, 6.07) is 15.7. The Hall–Kier alpha value is -3.74. The van der Waals surface area contributed by atoms with Crippen LogP contribution >= 0.6 is 0 Å². The fourth-order valence-corrected chi connectivity index (χ4v) is 4.96. The lowest BCUT2D eigenvalue weighted by Gasteiger charge is -2.36. The minimum absolute atomic E-state index is 0.128. The fourth-order valence-electron chi connectivity index (χ4n) is 4.96. The maximum atomic E-state index is 12.9. The summed E-state index contributed by atoms with van der Waals surface area (Å²) < 4.78 is 17.1. The van der Waals surface area contributed by atoms with Crippen LogP contribution in [0.2, 0.25) is 0 Å². The molecule has 2 aromatic carbocycles. The van der Waals surface area contributed by atoms with E-state index in [2.05, 4.69) is 26.8 Å². The molecule has 0 unspecified atom stereocenters. The summed E-state index contributed by atoms with van der Waals surface area (Å²) in [5.74, 6) is 1.92. The minimum atomic E-state index is -0.227. The van der Waals surface area contributed by atoms with Gasteiger partial charge in [0.1, 0.15) is 17.4 Å². The third kappa shape index (κ3) is 7.43. The van der Waals surface area contributed by atoms with Gasteiger partial charge in [-0.1, -0.05) is 18.2 Å². The molecule has 0 bridgehead atoms. The molecule has 0 radical (unpaired) electrons. The van der Waals surface area contributed by atoms with Gasteiger partial charge in [-0.25, -0.2) is 0 Å². The third-order valence-electron chi connectivity index (χ3n) is 7.31. The zero-order valence-electron chi connectivity index (χ0n) is 23.3. The van der Waals surface area contributed by atoms with Gasteiger partial charge in [-0.2, -0.15) is 5.26 Å². The molecule has 9 heteroatoms. The Kier molecular flexibility index (Phi) is 10.1. The van der Waals surface area contributed by atoms with Crippen molar-refractivity contribution in [1.29, 1.82) is 5.26 Å². The standard InChI is InChI=1S/C30H39N5O4/c1-32-12-16-35(17-13-32)30(36)25(23-31)21-24-9-10-28(38-3)29(22-24)39-20-6-11-33-14-18-34(19-15-33)26-7-4-5-8-27(26)37-2/h4-5,7-10,21-22H,6,11-20H2,1-3H3/b25-21+. The van der Waals surface area contributed by atoms with Crippen LogP contribution < -0.4 is 19.1 Å². The number of ether oxygens (including phenoxy) is 3. The maximum absolute atomic E-state index is 12.9. The van der Waals surface area contributed by atoms with E-state index < -0.39 is 0 Å². The number of nitriles is 1. The number of methoxy groups -OCH3 is 2. The molecule has 2 aliphatic rings. The van der Waals surface area contributed by atoms with Crippen LogP contribution in [0.3, 0.4) is 0 Å². The number of rotatable bonds is 10. The van der Waals surface area contributed by atoms with Crippen molar-refractivity contribution in [3.05, 3.63) is 53.6 Å². The second-order valence-corrected chi connectivity index (χ2v) is 9.88. The van der Waals surface area contributed by atoms with E-state index in [-0.39, 0.29) is 11.5 Å². The van der Waals surface area contributed by atoms with Crippen LogP contribution in [-0.2, 0) is 4.79 Å². The Morgan fingerprint density at radius 3 is 2.33 bits per heavy atom. The SMILES string of the molecule is COc1ccc(/C=C(\C#N)C(=O)N2CCN(C)CC2)cc1OCCCN1CCN(c2ccccc2OC)CC1. The summed E-state index contributed by atoms with van der Waals surface area (Å²) in [6.07, 6.45) is 2.51. The van der Waals surface area contributed by atoms with Gasteiger partial charge >= 0.3 is 0 Å². The Bertz CT molecular complexity index is 1180. The summed E-state index contributed by atoms with van der Waals surface area (Å²) in [6.45, 7) is 8.24. The fraction of sp³-hybridized carbons (Fsp3) is 0.467. The minimum Gasteiger partial charge on any atom is -0.495 e. The van der Waals surface area contributed by atoms with Gasteiger partial charge in [0.15, 0.2) is 11.5 Å². The van der Waals surface area contributed by atoms with Gasteiger partial charge in [-0.05, 0) is 49.4 Å². The summed E-state index contributed by atoms with van der Waals surface area (Å²) in [4.78, 5) is 21.6. The Morgan fingerprint density at radius 2 is 1.64 bits per heavy atom. The zero-order chi connectivity index (χ0) is 27.6. The molecular weight excluding hydrogens is 494 g/mol. The number of amides is 1. The van der Waals surface area contributed by atoms with Crippen LogP contribution in [0.15, 0.2) is 48.0 Å². The van der Waals surface area contributed by atoms with Gasteiger partial charge < -0.3 is 28.9 Å². The first-order valence-corrected chi connectivity index (χ1v) is 13.5. The highest BCUT2D eigenvalue weighted by molar-refractivity contribution is 6.01.